The van der Waals surface area contributed by atoms with E-state index < -0.39 is 5.67 Å². The summed E-state index contributed by atoms with van der Waals surface area (Å²) in [5.41, 5.74) is -1.00. The lowest BCUT2D eigenvalue weighted by molar-refractivity contribution is 0.168. The molecule has 1 aliphatic heterocycles. The molecular weight excluding hydrogens is 141 g/mol. The van der Waals surface area contributed by atoms with Crippen molar-refractivity contribution in [2.45, 2.75) is 51.2 Å². The molecule has 1 fully saturated rings. The van der Waals surface area contributed by atoms with Crippen molar-refractivity contribution in [2.24, 2.45) is 0 Å². The molecule has 0 radical (unpaired) electrons. The molecule has 0 spiro atoms. The van der Waals surface area contributed by atoms with Crippen LogP contribution in [0, 0.1) is 0 Å². The molecule has 1 rings (SSSR count). The highest BCUT2D eigenvalue weighted by atomic mass is 19.1. The van der Waals surface area contributed by atoms with Gasteiger partial charge in [-0.15, -0.1) is 0 Å². The zero-order valence-electron chi connectivity index (χ0n) is 7.49. The first kappa shape index (κ1) is 8.98. The van der Waals surface area contributed by atoms with Crippen molar-refractivity contribution >= 4 is 0 Å². The first-order valence-corrected chi connectivity index (χ1v) is 4.50. The van der Waals surface area contributed by atoms with E-state index in [0.717, 1.165) is 13.0 Å². The Balaban J connectivity index is 2.24. The molecule has 0 amide bonds. The molecule has 1 unspecified atom stereocenters. The second-order valence-electron chi connectivity index (χ2n) is 4.07. The number of rotatable bonds is 2. The fourth-order valence-corrected chi connectivity index (χ4v) is 1.68. The van der Waals surface area contributed by atoms with Crippen LogP contribution in [0.1, 0.15) is 39.5 Å². The first-order chi connectivity index (χ1) is 5.08. The minimum atomic E-state index is -1.00. The standard InChI is InChI=1S/C9H18FN/c1-9(2,10)7-8-5-3-4-6-11-8/h8,11H,3-7H2,1-2H3. The van der Waals surface area contributed by atoms with Crippen LogP contribution < -0.4 is 5.32 Å². The van der Waals surface area contributed by atoms with Crippen LogP contribution in [0.5, 0.6) is 0 Å². The molecule has 1 atom stereocenters. The van der Waals surface area contributed by atoms with Gasteiger partial charge in [0, 0.05) is 6.04 Å². The third-order valence-electron chi connectivity index (χ3n) is 2.14. The highest BCUT2D eigenvalue weighted by Gasteiger charge is 2.23. The van der Waals surface area contributed by atoms with Crippen molar-refractivity contribution in [3.63, 3.8) is 0 Å². The van der Waals surface area contributed by atoms with Crippen LogP contribution in [-0.2, 0) is 0 Å². The van der Waals surface area contributed by atoms with Gasteiger partial charge < -0.3 is 5.32 Å². The maximum Gasteiger partial charge on any atom is 0.107 e. The SMILES string of the molecule is CC(C)(F)CC1CCCCN1. The third kappa shape index (κ3) is 3.71. The molecule has 11 heavy (non-hydrogen) atoms. The largest absolute Gasteiger partial charge is 0.314 e. The highest BCUT2D eigenvalue weighted by Crippen LogP contribution is 2.20. The minimum absolute atomic E-state index is 0.420. The Labute approximate surface area is 68.4 Å². The summed E-state index contributed by atoms with van der Waals surface area (Å²) in [7, 11) is 0. The zero-order chi connectivity index (χ0) is 8.32. The first-order valence-electron chi connectivity index (χ1n) is 4.50. The quantitative estimate of drug-likeness (QED) is 0.651. The van der Waals surface area contributed by atoms with Crippen molar-refractivity contribution in [1.82, 2.24) is 5.32 Å². The molecule has 1 heterocycles. The van der Waals surface area contributed by atoms with Gasteiger partial charge >= 0.3 is 0 Å². The highest BCUT2D eigenvalue weighted by molar-refractivity contribution is 4.79. The normalized spacial score (nSPS) is 27.0. The lowest BCUT2D eigenvalue weighted by atomic mass is 9.94. The number of nitrogens with one attached hydrogen (secondary N) is 1. The fourth-order valence-electron chi connectivity index (χ4n) is 1.68. The summed E-state index contributed by atoms with van der Waals surface area (Å²) in [6.45, 7) is 4.38. The van der Waals surface area contributed by atoms with E-state index in [0.29, 0.717) is 12.5 Å². The fraction of sp³-hybridized carbons (Fsp3) is 1.00. The van der Waals surface area contributed by atoms with Crippen molar-refractivity contribution in [2.75, 3.05) is 6.54 Å². The molecule has 0 aromatic carbocycles. The smallest absolute Gasteiger partial charge is 0.107 e. The molecule has 1 saturated heterocycles. The van der Waals surface area contributed by atoms with Crippen LogP contribution in [-0.4, -0.2) is 18.3 Å². The minimum Gasteiger partial charge on any atom is -0.314 e. The Bertz CT molecular complexity index is 111. The van der Waals surface area contributed by atoms with Crippen LogP contribution in [0.25, 0.3) is 0 Å². The Kier molecular flexibility index (Phi) is 2.88. The van der Waals surface area contributed by atoms with Gasteiger partial charge in [-0.2, -0.15) is 0 Å². The molecular formula is C9H18FN. The van der Waals surface area contributed by atoms with Crippen LogP contribution >= 0.6 is 0 Å². The van der Waals surface area contributed by atoms with E-state index in [1.165, 1.54) is 12.8 Å². The third-order valence-corrected chi connectivity index (χ3v) is 2.14. The maximum atomic E-state index is 13.1. The second-order valence-corrected chi connectivity index (χ2v) is 4.07. The Morgan fingerprint density at radius 1 is 1.45 bits per heavy atom. The zero-order valence-corrected chi connectivity index (χ0v) is 7.49. The van der Waals surface area contributed by atoms with Crippen molar-refractivity contribution in [3.8, 4) is 0 Å². The van der Waals surface area contributed by atoms with Crippen LogP contribution in [0.3, 0.4) is 0 Å². The van der Waals surface area contributed by atoms with Gasteiger partial charge in [0.2, 0.25) is 0 Å². The van der Waals surface area contributed by atoms with Gasteiger partial charge in [-0.1, -0.05) is 6.42 Å². The van der Waals surface area contributed by atoms with Crippen molar-refractivity contribution in [1.29, 1.82) is 0 Å². The second kappa shape index (κ2) is 3.53. The maximum absolute atomic E-state index is 13.1. The van der Waals surface area contributed by atoms with Gasteiger partial charge in [-0.25, -0.2) is 4.39 Å². The van der Waals surface area contributed by atoms with E-state index in [4.69, 9.17) is 0 Å². The Morgan fingerprint density at radius 3 is 2.64 bits per heavy atom. The van der Waals surface area contributed by atoms with Gasteiger partial charge in [0.15, 0.2) is 0 Å². The van der Waals surface area contributed by atoms with Crippen LogP contribution in [0.2, 0.25) is 0 Å². The molecule has 0 bridgehead atoms. The number of hydrogen-bond donors (Lipinski definition) is 1. The summed E-state index contributed by atoms with van der Waals surface area (Å²) in [4.78, 5) is 0. The topological polar surface area (TPSA) is 12.0 Å². The number of hydrogen-bond acceptors (Lipinski definition) is 1. The summed E-state index contributed by atoms with van der Waals surface area (Å²) in [6, 6.07) is 0.420. The molecule has 0 aromatic heterocycles. The van der Waals surface area contributed by atoms with Gasteiger partial charge in [0.25, 0.3) is 0 Å². The molecule has 2 heteroatoms. The van der Waals surface area contributed by atoms with E-state index >= 15 is 0 Å². The molecule has 0 aliphatic carbocycles. The molecule has 0 saturated carbocycles. The summed E-state index contributed by atoms with van der Waals surface area (Å²) >= 11 is 0. The molecule has 0 aromatic rings. The van der Waals surface area contributed by atoms with E-state index in [1.54, 1.807) is 13.8 Å². The van der Waals surface area contributed by atoms with Gasteiger partial charge in [-0.3, -0.25) is 0 Å². The van der Waals surface area contributed by atoms with Crippen molar-refractivity contribution < 1.29 is 4.39 Å². The number of alkyl halides is 1. The van der Waals surface area contributed by atoms with Crippen LogP contribution in [0.15, 0.2) is 0 Å². The van der Waals surface area contributed by atoms with E-state index in [1.807, 2.05) is 0 Å². The monoisotopic (exact) mass is 159 g/mol. The van der Waals surface area contributed by atoms with Gasteiger partial charge in [0.05, 0.1) is 0 Å². The molecule has 1 nitrogen and oxygen atoms in total. The van der Waals surface area contributed by atoms with E-state index in [-0.39, 0.29) is 0 Å². The van der Waals surface area contributed by atoms with Gasteiger partial charge in [-0.05, 0) is 39.7 Å². The Morgan fingerprint density at radius 2 is 2.18 bits per heavy atom. The summed E-state index contributed by atoms with van der Waals surface area (Å²) < 4.78 is 13.1. The molecule has 1 N–H and O–H groups in total. The summed E-state index contributed by atoms with van der Waals surface area (Å²) in [5.74, 6) is 0. The Hall–Kier alpha value is -0.110. The van der Waals surface area contributed by atoms with E-state index in [2.05, 4.69) is 5.32 Å². The summed E-state index contributed by atoms with van der Waals surface area (Å²) in [5, 5.41) is 3.34. The molecule has 66 valence electrons. The average Bonchev–Trinajstić information content (AvgIpc) is 1.85. The van der Waals surface area contributed by atoms with E-state index in [9.17, 15) is 4.39 Å². The van der Waals surface area contributed by atoms with Crippen molar-refractivity contribution in [3.05, 3.63) is 0 Å². The predicted octanol–water partition coefficient (Wildman–Crippen LogP) is 2.27. The predicted molar refractivity (Wildman–Crippen MR) is 45.4 cm³/mol. The average molecular weight is 159 g/mol. The lowest BCUT2D eigenvalue weighted by Gasteiger charge is -2.27. The molecule has 1 aliphatic rings. The lowest BCUT2D eigenvalue weighted by Crippen LogP contribution is -2.38. The summed E-state index contributed by atoms with van der Waals surface area (Å²) in [6.07, 6.45) is 4.32. The van der Waals surface area contributed by atoms with Gasteiger partial charge in [0.1, 0.15) is 5.67 Å². The van der Waals surface area contributed by atoms with Crippen LogP contribution in [0.4, 0.5) is 4.39 Å². The number of piperidine rings is 1. The number of halogens is 1.